The van der Waals surface area contributed by atoms with E-state index >= 15 is 0 Å². The summed E-state index contributed by atoms with van der Waals surface area (Å²) in [7, 11) is -1.97. The molecule has 0 bridgehead atoms. The first-order valence-electron chi connectivity index (χ1n) is 11.8. The molecule has 0 fully saturated rings. The molecule has 2 unspecified atom stereocenters. The van der Waals surface area contributed by atoms with Crippen LogP contribution in [0.1, 0.15) is 87.0 Å². The van der Waals surface area contributed by atoms with Crippen molar-refractivity contribution in [1.82, 2.24) is 0 Å². The third-order valence-electron chi connectivity index (χ3n) is 4.45. The quantitative estimate of drug-likeness (QED) is 0.178. The third-order valence-corrected chi connectivity index (χ3v) is 7.74. The lowest BCUT2D eigenvalue weighted by Gasteiger charge is -2.48. The highest BCUT2D eigenvalue weighted by molar-refractivity contribution is 6.63. The maximum Gasteiger partial charge on any atom is 0.568 e. The zero-order valence-corrected chi connectivity index (χ0v) is 21.8. The van der Waals surface area contributed by atoms with Gasteiger partial charge < -0.3 is 32.2 Å². The predicted octanol–water partition coefficient (Wildman–Crippen LogP) is 5.08. The molecular weight excluding hydrogens is 404 g/mol. The number of hydrogen-bond donors (Lipinski definition) is 0. The van der Waals surface area contributed by atoms with Crippen LogP contribution in [0.5, 0.6) is 0 Å². The normalized spacial score (nSPS) is 14.8. The minimum atomic E-state index is -3.60. The lowest BCUT2D eigenvalue weighted by Crippen LogP contribution is -2.73. The Labute approximate surface area is 186 Å². The van der Waals surface area contributed by atoms with Gasteiger partial charge in [0, 0.05) is 40.1 Å². The molecule has 2 atom stereocenters. The Morgan fingerprint density at radius 1 is 0.700 bits per heavy atom. The molecule has 0 spiro atoms. The summed E-state index contributed by atoms with van der Waals surface area (Å²) < 4.78 is 44.2. The molecule has 0 aromatic rings. The molecule has 0 saturated heterocycles. The fraction of sp³-hybridized carbons (Fsp3) is 1.00. The van der Waals surface area contributed by atoms with Crippen LogP contribution in [0.25, 0.3) is 0 Å². The first-order chi connectivity index (χ1) is 14.5. The molecule has 182 valence electrons. The highest BCUT2D eigenvalue weighted by Crippen LogP contribution is 2.37. The number of ether oxygens (including phenoxy) is 4. The average molecular weight is 453 g/mol. The summed E-state index contributed by atoms with van der Waals surface area (Å²) in [6.45, 7) is 16.8. The van der Waals surface area contributed by atoms with Gasteiger partial charge in [-0.1, -0.05) is 41.5 Å². The third kappa shape index (κ3) is 8.82. The molecule has 0 aliphatic rings. The second-order valence-corrected chi connectivity index (χ2v) is 9.94. The van der Waals surface area contributed by atoms with Crippen molar-refractivity contribution in [2.24, 2.45) is 0 Å². The van der Waals surface area contributed by atoms with Gasteiger partial charge in [-0.2, -0.15) is 0 Å². The molecule has 0 aromatic heterocycles. The SMILES string of the molecule is CCCOC(C)C(OCCC)(OCCC)[Si](OCCC)(OCCC)OC(CC)OC. The Balaban J connectivity index is 6.52. The van der Waals surface area contributed by atoms with Gasteiger partial charge in [-0.15, -0.1) is 0 Å². The van der Waals surface area contributed by atoms with Crippen LogP contribution in [0.15, 0.2) is 0 Å². The highest BCUT2D eigenvalue weighted by Gasteiger charge is 2.69. The molecule has 30 heavy (non-hydrogen) atoms. The van der Waals surface area contributed by atoms with Crippen molar-refractivity contribution in [3.8, 4) is 0 Å². The van der Waals surface area contributed by atoms with Gasteiger partial charge in [0.05, 0.1) is 0 Å². The van der Waals surface area contributed by atoms with Gasteiger partial charge in [0.25, 0.3) is 5.41 Å². The molecule has 0 N–H and O–H groups in total. The van der Waals surface area contributed by atoms with Crippen LogP contribution in [0.2, 0.25) is 0 Å². The van der Waals surface area contributed by atoms with Gasteiger partial charge in [-0.05, 0) is 45.4 Å². The average Bonchev–Trinajstić information content (AvgIpc) is 2.77. The van der Waals surface area contributed by atoms with E-state index in [0.717, 1.165) is 32.1 Å². The molecule has 0 rings (SSSR count). The molecule has 0 aliphatic carbocycles. The second kappa shape index (κ2) is 17.5. The van der Waals surface area contributed by atoms with Crippen LogP contribution < -0.4 is 0 Å². The van der Waals surface area contributed by atoms with E-state index in [2.05, 4.69) is 34.6 Å². The van der Waals surface area contributed by atoms with Gasteiger partial charge in [-0.3, -0.25) is 0 Å². The number of rotatable bonds is 21. The summed E-state index contributed by atoms with van der Waals surface area (Å²) in [5, 5.41) is 0. The van der Waals surface area contributed by atoms with Crippen molar-refractivity contribution in [1.29, 1.82) is 0 Å². The largest absolute Gasteiger partial charge is 0.568 e. The van der Waals surface area contributed by atoms with Gasteiger partial charge in [-0.25, -0.2) is 0 Å². The van der Waals surface area contributed by atoms with Gasteiger partial charge in [0.2, 0.25) is 0 Å². The van der Waals surface area contributed by atoms with Crippen molar-refractivity contribution >= 4 is 8.80 Å². The fourth-order valence-electron chi connectivity index (χ4n) is 2.95. The minimum absolute atomic E-state index is 0.440. The van der Waals surface area contributed by atoms with E-state index in [1.807, 2.05) is 13.8 Å². The molecule has 7 nitrogen and oxygen atoms in total. The van der Waals surface area contributed by atoms with E-state index in [-0.39, 0.29) is 0 Å². The van der Waals surface area contributed by atoms with Crippen molar-refractivity contribution in [2.75, 3.05) is 40.1 Å². The maximum atomic E-state index is 6.54. The summed E-state index contributed by atoms with van der Waals surface area (Å²) in [4.78, 5) is 0. The topological polar surface area (TPSA) is 64.6 Å². The molecule has 0 heterocycles. The van der Waals surface area contributed by atoms with Gasteiger partial charge in [0.15, 0.2) is 6.29 Å². The highest BCUT2D eigenvalue weighted by atomic mass is 28.4. The first-order valence-corrected chi connectivity index (χ1v) is 13.6. The predicted molar refractivity (Wildman–Crippen MR) is 121 cm³/mol. The molecule has 0 radical (unpaired) electrons. The van der Waals surface area contributed by atoms with E-state index in [1.54, 1.807) is 7.11 Å². The summed E-state index contributed by atoms with van der Waals surface area (Å²) in [5.41, 5.74) is -1.27. The standard InChI is InChI=1S/C22H48O7Si/c1-9-15-24-20(7)22(25-16-10-2,26-17-11-3)30(27-18-12-4,28-19-13-5)29-21(14-6)23-8/h20-21H,9-19H2,1-8H3. The zero-order chi connectivity index (χ0) is 22.9. The molecule has 0 saturated carbocycles. The maximum absolute atomic E-state index is 6.54. The van der Waals surface area contributed by atoms with E-state index in [9.17, 15) is 0 Å². The second-order valence-electron chi connectivity index (χ2n) is 7.32. The Kier molecular flexibility index (Phi) is 17.5. The smallest absolute Gasteiger partial charge is 0.373 e. The Hall–Kier alpha value is -0.0631. The Morgan fingerprint density at radius 2 is 1.17 bits per heavy atom. The molecule has 0 amide bonds. The van der Waals surface area contributed by atoms with Crippen LogP contribution >= 0.6 is 0 Å². The summed E-state index contributed by atoms with van der Waals surface area (Å²) in [6, 6.07) is 0. The Bertz CT molecular complexity index is 378. The van der Waals surface area contributed by atoms with Crippen LogP contribution in [0.3, 0.4) is 0 Å². The van der Waals surface area contributed by atoms with E-state index < -0.39 is 26.6 Å². The molecule has 8 heteroatoms. The van der Waals surface area contributed by atoms with E-state index in [4.69, 9.17) is 32.2 Å². The van der Waals surface area contributed by atoms with Crippen LogP contribution in [-0.2, 0) is 32.2 Å². The van der Waals surface area contributed by atoms with E-state index in [0.29, 0.717) is 39.5 Å². The van der Waals surface area contributed by atoms with Crippen LogP contribution in [0, 0.1) is 0 Å². The van der Waals surface area contributed by atoms with Crippen molar-refractivity contribution in [2.45, 2.75) is 105 Å². The van der Waals surface area contributed by atoms with Crippen LogP contribution in [0.4, 0.5) is 0 Å². The lowest BCUT2D eigenvalue weighted by molar-refractivity contribution is -0.281. The summed E-state index contributed by atoms with van der Waals surface area (Å²) in [6.07, 6.45) is 3.90. The molecular formula is C22H48O7Si. The number of methoxy groups -OCH3 is 1. The zero-order valence-electron chi connectivity index (χ0n) is 20.8. The number of hydrogen-bond acceptors (Lipinski definition) is 7. The van der Waals surface area contributed by atoms with Crippen molar-refractivity contribution in [3.05, 3.63) is 0 Å². The van der Waals surface area contributed by atoms with Gasteiger partial charge in [0.1, 0.15) is 6.10 Å². The lowest BCUT2D eigenvalue weighted by atomic mass is 10.3. The van der Waals surface area contributed by atoms with Gasteiger partial charge >= 0.3 is 8.80 Å². The van der Waals surface area contributed by atoms with Crippen molar-refractivity contribution < 1.29 is 32.2 Å². The summed E-state index contributed by atoms with van der Waals surface area (Å²) >= 11 is 0. The molecule has 0 aromatic carbocycles. The fourth-order valence-corrected chi connectivity index (χ4v) is 6.43. The first kappa shape index (κ1) is 29.9. The van der Waals surface area contributed by atoms with E-state index in [1.165, 1.54) is 0 Å². The summed E-state index contributed by atoms with van der Waals surface area (Å²) in [5.74, 6) is 0. The monoisotopic (exact) mass is 452 g/mol. The molecule has 0 aliphatic heterocycles. The van der Waals surface area contributed by atoms with Crippen LogP contribution in [-0.4, -0.2) is 66.8 Å². The minimum Gasteiger partial charge on any atom is -0.373 e. The van der Waals surface area contributed by atoms with Crippen molar-refractivity contribution in [3.63, 3.8) is 0 Å². The Morgan fingerprint density at radius 3 is 1.53 bits per heavy atom.